The van der Waals surface area contributed by atoms with Gasteiger partial charge in [0, 0.05) is 23.5 Å². The van der Waals surface area contributed by atoms with Gasteiger partial charge in [0.15, 0.2) is 5.75 Å². The second-order valence-electron chi connectivity index (χ2n) is 5.82. The van der Waals surface area contributed by atoms with Gasteiger partial charge in [-0.2, -0.15) is 5.26 Å². The van der Waals surface area contributed by atoms with Crippen LogP contribution in [0.3, 0.4) is 0 Å². The summed E-state index contributed by atoms with van der Waals surface area (Å²) >= 11 is 0. The number of rotatable bonds is 5. The molecule has 1 aliphatic rings. The van der Waals surface area contributed by atoms with E-state index in [-0.39, 0.29) is 11.7 Å². The van der Waals surface area contributed by atoms with Crippen LogP contribution in [-0.2, 0) is 0 Å². The van der Waals surface area contributed by atoms with E-state index in [0.717, 1.165) is 31.9 Å². The second kappa shape index (κ2) is 7.75. The van der Waals surface area contributed by atoms with Crippen molar-refractivity contribution in [2.45, 2.75) is 31.8 Å². The Bertz CT molecular complexity index is 824. The number of halogens is 1. The van der Waals surface area contributed by atoms with E-state index in [2.05, 4.69) is 16.0 Å². The first-order chi connectivity index (χ1) is 12.2. The standard InChI is InChI=1S/C19H18FN3O2/c1-24-19-18(25-16-4-2-3-5-16)9-15(11-23-19)14(10-21)8-13-6-7-22-12-17(13)20/h6-9,11-12,16H,2-5H2,1H3/b14-8+. The quantitative estimate of drug-likeness (QED) is 0.770. The summed E-state index contributed by atoms with van der Waals surface area (Å²) in [6.07, 6.45) is 10.0. The average molecular weight is 339 g/mol. The van der Waals surface area contributed by atoms with E-state index < -0.39 is 5.82 Å². The van der Waals surface area contributed by atoms with Gasteiger partial charge in [0.05, 0.1) is 31.1 Å². The summed E-state index contributed by atoms with van der Waals surface area (Å²) in [5, 5.41) is 9.48. The van der Waals surface area contributed by atoms with Crippen LogP contribution in [-0.4, -0.2) is 23.2 Å². The van der Waals surface area contributed by atoms with Gasteiger partial charge in [0.2, 0.25) is 0 Å². The number of hydrogen-bond acceptors (Lipinski definition) is 5. The number of methoxy groups -OCH3 is 1. The third-order valence-corrected chi connectivity index (χ3v) is 4.14. The van der Waals surface area contributed by atoms with Crippen molar-refractivity contribution in [2.24, 2.45) is 0 Å². The molecule has 0 aliphatic heterocycles. The highest BCUT2D eigenvalue weighted by molar-refractivity contribution is 5.89. The number of nitrogens with zero attached hydrogens (tertiary/aromatic N) is 3. The lowest BCUT2D eigenvalue weighted by Crippen LogP contribution is -2.12. The monoisotopic (exact) mass is 339 g/mol. The molecule has 25 heavy (non-hydrogen) atoms. The van der Waals surface area contributed by atoms with E-state index in [1.165, 1.54) is 31.6 Å². The lowest BCUT2D eigenvalue weighted by molar-refractivity contribution is 0.198. The van der Waals surface area contributed by atoms with Gasteiger partial charge in [0.25, 0.3) is 5.88 Å². The Morgan fingerprint density at radius 1 is 1.36 bits per heavy atom. The molecule has 0 spiro atoms. The maximum absolute atomic E-state index is 13.8. The predicted molar refractivity (Wildman–Crippen MR) is 91.4 cm³/mol. The average Bonchev–Trinajstić information content (AvgIpc) is 3.14. The third kappa shape index (κ3) is 3.94. The van der Waals surface area contributed by atoms with Crippen molar-refractivity contribution in [3.05, 3.63) is 47.7 Å². The molecule has 1 aliphatic carbocycles. The van der Waals surface area contributed by atoms with E-state index in [9.17, 15) is 9.65 Å². The Morgan fingerprint density at radius 3 is 2.84 bits per heavy atom. The SMILES string of the molecule is COc1ncc(/C(C#N)=C/c2ccncc2F)cc1OC1CCCC1. The third-order valence-electron chi connectivity index (χ3n) is 4.14. The molecule has 128 valence electrons. The fourth-order valence-corrected chi connectivity index (χ4v) is 2.84. The van der Waals surface area contributed by atoms with Crippen LogP contribution in [0.5, 0.6) is 11.6 Å². The summed E-state index contributed by atoms with van der Waals surface area (Å²) in [6, 6.07) is 5.32. The molecule has 0 aromatic carbocycles. The minimum Gasteiger partial charge on any atom is -0.485 e. The smallest absolute Gasteiger partial charge is 0.256 e. The van der Waals surface area contributed by atoms with Crippen LogP contribution in [0.4, 0.5) is 4.39 Å². The summed E-state index contributed by atoms with van der Waals surface area (Å²) < 4.78 is 25.0. The molecule has 0 atom stereocenters. The molecule has 3 rings (SSSR count). The van der Waals surface area contributed by atoms with Crippen molar-refractivity contribution >= 4 is 11.6 Å². The summed E-state index contributed by atoms with van der Waals surface area (Å²) in [4.78, 5) is 7.94. The second-order valence-corrected chi connectivity index (χ2v) is 5.82. The van der Waals surface area contributed by atoms with Crippen LogP contribution in [0, 0.1) is 17.1 Å². The predicted octanol–water partition coefficient (Wildman–Crippen LogP) is 4.01. The zero-order valence-corrected chi connectivity index (χ0v) is 13.9. The number of allylic oxidation sites excluding steroid dienone is 1. The summed E-state index contributed by atoms with van der Waals surface area (Å²) in [5.74, 6) is 0.394. The summed E-state index contributed by atoms with van der Waals surface area (Å²) in [6.45, 7) is 0. The number of pyridine rings is 2. The first kappa shape index (κ1) is 16.9. The molecule has 1 fully saturated rings. The maximum Gasteiger partial charge on any atom is 0.256 e. The number of hydrogen-bond donors (Lipinski definition) is 0. The molecular formula is C19H18FN3O2. The zero-order valence-electron chi connectivity index (χ0n) is 13.9. The number of aromatic nitrogens is 2. The Kier molecular flexibility index (Phi) is 5.24. The van der Waals surface area contributed by atoms with Crippen LogP contribution in [0.1, 0.15) is 36.8 Å². The number of nitriles is 1. The van der Waals surface area contributed by atoms with Gasteiger partial charge in [-0.1, -0.05) is 0 Å². The summed E-state index contributed by atoms with van der Waals surface area (Å²) in [5.41, 5.74) is 1.13. The van der Waals surface area contributed by atoms with Gasteiger partial charge in [-0.05, 0) is 43.9 Å². The highest BCUT2D eigenvalue weighted by atomic mass is 19.1. The van der Waals surface area contributed by atoms with E-state index in [0.29, 0.717) is 22.8 Å². The van der Waals surface area contributed by atoms with Crippen LogP contribution < -0.4 is 9.47 Å². The van der Waals surface area contributed by atoms with E-state index in [4.69, 9.17) is 9.47 Å². The lowest BCUT2D eigenvalue weighted by atomic mass is 10.1. The minimum absolute atomic E-state index is 0.137. The molecule has 0 N–H and O–H groups in total. The van der Waals surface area contributed by atoms with Gasteiger partial charge >= 0.3 is 0 Å². The highest BCUT2D eigenvalue weighted by Gasteiger charge is 2.20. The van der Waals surface area contributed by atoms with Crippen molar-refractivity contribution in [3.8, 4) is 17.7 Å². The van der Waals surface area contributed by atoms with Gasteiger partial charge in [-0.3, -0.25) is 4.98 Å². The van der Waals surface area contributed by atoms with Crippen LogP contribution in [0.2, 0.25) is 0 Å². The van der Waals surface area contributed by atoms with E-state index in [1.807, 2.05) is 0 Å². The van der Waals surface area contributed by atoms with Gasteiger partial charge in [-0.25, -0.2) is 9.37 Å². The summed E-state index contributed by atoms with van der Waals surface area (Å²) in [7, 11) is 1.52. The molecule has 5 nitrogen and oxygen atoms in total. The Labute approximate surface area is 145 Å². The lowest BCUT2D eigenvalue weighted by Gasteiger charge is -2.15. The molecule has 2 aromatic heterocycles. The molecular weight excluding hydrogens is 321 g/mol. The van der Waals surface area contributed by atoms with Crippen molar-refractivity contribution in [2.75, 3.05) is 7.11 Å². The fourth-order valence-electron chi connectivity index (χ4n) is 2.84. The molecule has 2 aromatic rings. The van der Waals surface area contributed by atoms with Gasteiger partial charge in [-0.15, -0.1) is 0 Å². The molecule has 0 bridgehead atoms. The largest absolute Gasteiger partial charge is 0.485 e. The molecule has 0 saturated heterocycles. The van der Waals surface area contributed by atoms with Gasteiger partial charge in [0.1, 0.15) is 5.82 Å². The van der Waals surface area contributed by atoms with Crippen LogP contribution >= 0.6 is 0 Å². The molecule has 0 unspecified atom stereocenters. The topological polar surface area (TPSA) is 68.0 Å². The van der Waals surface area contributed by atoms with E-state index in [1.54, 1.807) is 6.07 Å². The maximum atomic E-state index is 13.8. The molecule has 2 heterocycles. The molecule has 0 radical (unpaired) electrons. The highest BCUT2D eigenvalue weighted by Crippen LogP contribution is 2.32. The van der Waals surface area contributed by atoms with Crippen LogP contribution in [0.25, 0.3) is 11.6 Å². The number of ether oxygens (including phenoxy) is 2. The van der Waals surface area contributed by atoms with Crippen molar-refractivity contribution in [1.29, 1.82) is 5.26 Å². The molecule has 1 saturated carbocycles. The molecule has 0 amide bonds. The van der Waals surface area contributed by atoms with Crippen LogP contribution in [0.15, 0.2) is 30.7 Å². The van der Waals surface area contributed by atoms with Crippen molar-refractivity contribution < 1.29 is 13.9 Å². The minimum atomic E-state index is -0.487. The first-order valence-corrected chi connectivity index (χ1v) is 8.13. The van der Waals surface area contributed by atoms with Gasteiger partial charge < -0.3 is 9.47 Å². The van der Waals surface area contributed by atoms with Crippen molar-refractivity contribution in [1.82, 2.24) is 9.97 Å². The Morgan fingerprint density at radius 2 is 2.16 bits per heavy atom. The Hall–Kier alpha value is -2.94. The Balaban J connectivity index is 1.95. The first-order valence-electron chi connectivity index (χ1n) is 8.13. The fraction of sp³-hybridized carbons (Fsp3) is 0.316. The van der Waals surface area contributed by atoms with E-state index >= 15 is 0 Å². The van der Waals surface area contributed by atoms with Crippen molar-refractivity contribution in [3.63, 3.8) is 0 Å². The molecule has 6 heteroatoms. The zero-order chi connectivity index (χ0) is 17.6. The normalized spacial score (nSPS) is 15.0.